The third-order valence-corrected chi connectivity index (χ3v) is 4.98. The van der Waals surface area contributed by atoms with Crippen molar-refractivity contribution < 1.29 is 28.5 Å². The van der Waals surface area contributed by atoms with E-state index in [1.54, 1.807) is 43.6 Å². The lowest BCUT2D eigenvalue weighted by Gasteiger charge is -2.15. The van der Waals surface area contributed by atoms with Crippen molar-refractivity contribution in [2.24, 2.45) is 0 Å². The van der Waals surface area contributed by atoms with Crippen LogP contribution in [0.2, 0.25) is 0 Å². The molecule has 0 spiro atoms. The number of aryl methyl sites for hydroxylation is 1. The maximum Gasteiger partial charge on any atom is 0.305 e. The van der Waals surface area contributed by atoms with E-state index in [2.05, 4.69) is 4.98 Å². The van der Waals surface area contributed by atoms with Crippen molar-refractivity contribution >= 4 is 22.5 Å². The lowest BCUT2D eigenvalue weighted by Crippen LogP contribution is -2.09. The summed E-state index contributed by atoms with van der Waals surface area (Å²) in [5.74, 6) is 1.06. The van der Waals surface area contributed by atoms with Crippen LogP contribution in [0.3, 0.4) is 0 Å². The molecular formula is C25H27NO6. The fraction of sp³-hybridized carbons (Fsp3) is 0.320. The van der Waals surface area contributed by atoms with E-state index in [-0.39, 0.29) is 30.0 Å². The van der Waals surface area contributed by atoms with Crippen LogP contribution in [0.1, 0.15) is 41.9 Å². The van der Waals surface area contributed by atoms with Crippen LogP contribution < -0.4 is 14.2 Å². The Hall–Kier alpha value is -3.61. The minimum Gasteiger partial charge on any atom is -0.493 e. The van der Waals surface area contributed by atoms with E-state index < -0.39 is 0 Å². The van der Waals surface area contributed by atoms with Gasteiger partial charge in [0.15, 0.2) is 11.5 Å². The van der Waals surface area contributed by atoms with E-state index in [1.165, 1.54) is 14.2 Å². The average Bonchev–Trinajstić information content (AvgIpc) is 2.80. The first-order chi connectivity index (χ1) is 15.4. The Labute approximate surface area is 187 Å². The second-order valence-electron chi connectivity index (χ2n) is 7.48. The summed E-state index contributed by atoms with van der Waals surface area (Å²) >= 11 is 0. The first-order valence-corrected chi connectivity index (χ1v) is 10.3. The fourth-order valence-electron chi connectivity index (χ4n) is 3.46. The van der Waals surface area contributed by atoms with Crippen molar-refractivity contribution in [2.75, 3.05) is 21.3 Å². The monoisotopic (exact) mass is 437 g/mol. The zero-order valence-corrected chi connectivity index (χ0v) is 18.9. The van der Waals surface area contributed by atoms with Gasteiger partial charge in [0.1, 0.15) is 11.4 Å². The minimum absolute atomic E-state index is 0.00914. The van der Waals surface area contributed by atoms with Gasteiger partial charge in [0, 0.05) is 23.6 Å². The van der Waals surface area contributed by atoms with Crippen LogP contribution in [0.15, 0.2) is 42.6 Å². The summed E-state index contributed by atoms with van der Waals surface area (Å²) in [6.45, 7) is 3.85. The number of hydrogen-bond donors (Lipinski definition) is 0. The van der Waals surface area contributed by atoms with Gasteiger partial charge < -0.3 is 18.9 Å². The summed E-state index contributed by atoms with van der Waals surface area (Å²) in [6.07, 6.45) is 2.23. The maximum absolute atomic E-state index is 13.4. The van der Waals surface area contributed by atoms with Gasteiger partial charge in [-0.25, -0.2) is 0 Å². The zero-order valence-electron chi connectivity index (χ0n) is 18.9. The Morgan fingerprint density at radius 1 is 0.969 bits per heavy atom. The first-order valence-electron chi connectivity index (χ1n) is 10.3. The van der Waals surface area contributed by atoms with Crippen molar-refractivity contribution in [3.8, 4) is 17.2 Å². The molecule has 0 saturated carbocycles. The van der Waals surface area contributed by atoms with Crippen LogP contribution in [0.5, 0.6) is 17.2 Å². The average molecular weight is 437 g/mol. The van der Waals surface area contributed by atoms with Crippen LogP contribution in [0.4, 0.5) is 0 Å². The molecule has 2 aromatic carbocycles. The molecule has 168 valence electrons. The molecule has 0 aliphatic heterocycles. The number of hydrogen-bond acceptors (Lipinski definition) is 7. The number of esters is 1. The van der Waals surface area contributed by atoms with Crippen molar-refractivity contribution in [2.45, 2.75) is 32.8 Å². The number of carbonyl (C=O) groups excluding carboxylic acids is 2. The normalized spacial score (nSPS) is 10.8. The van der Waals surface area contributed by atoms with E-state index in [9.17, 15) is 9.59 Å². The van der Waals surface area contributed by atoms with Crippen molar-refractivity contribution in [1.29, 1.82) is 0 Å². The number of methoxy groups -OCH3 is 3. The lowest BCUT2D eigenvalue weighted by molar-refractivity contribution is -0.140. The molecule has 0 saturated heterocycles. The molecule has 0 unspecified atom stereocenters. The van der Waals surface area contributed by atoms with Gasteiger partial charge in [0.2, 0.25) is 5.78 Å². The number of benzene rings is 2. The van der Waals surface area contributed by atoms with Gasteiger partial charge in [0.05, 0.1) is 27.4 Å². The van der Waals surface area contributed by atoms with Gasteiger partial charge >= 0.3 is 5.97 Å². The molecule has 1 aromatic heterocycles. The largest absolute Gasteiger partial charge is 0.493 e. The van der Waals surface area contributed by atoms with E-state index in [0.29, 0.717) is 34.6 Å². The quantitative estimate of drug-likeness (QED) is 0.363. The predicted octanol–water partition coefficient (Wildman–Crippen LogP) is 4.38. The zero-order chi connectivity index (χ0) is 23.3. The number of fused-ring (bicyclic) bond motifs is 1. The fourth-order valence-corrected chi connectivity index (χ4v) is 3.46. The molecule has 1 heterocycles. The molecule has 3 rings (SSSR count). The van der Waals surface area contributed by atoms with E-state index in [0.717, 1.165) is 10.9 Å². The highest BCUT2D eigenvalue weighted by Gasteiger charge is 2.20. The molecule has 0 aliphatic rings. The van der Waals surface area contributed by atoms with E-state index in [4.69, 9.17) is 18.9 Å². The van der Waals surface area contributed by atoms with Crippen molar-refractivity contribution in [3.05, 3.63) is 59.4 Å². The Bertz CT molecular complexity index is 1140. The molecule has 0 aliphatic carbocycles. The Morgan fingerprint density at radius 3 is 2.28 bits per heavy atom. The first kappa shape index (κ1) is 23.1. The van der Waals surface area contributed by atoms with Crippen LogP contribution in [-0.2, 0) is 16.0 Å². The number of nitrogens with zero attached hydrogens (tertiary/aromatic N) is 1. The molecule has 0 fully saturated rings. The highest BCUT2D eigenvalue weighted by molar-refractivity contribution is 6.15. The molecule has 0 N–H and O–H groups in total. The SMILES string of the molecule is COC(=O)CCc1cnc(C(=O)c2cccc(OC(C)C)c2)c2cc(OC)c(OC)cc12. The molecule has 0 amide bonds. The minimum atomic E-state index is -0.319. The maximum atomic E-state index is 13.4. The summed E-state index contributed by atoms with van der Waals surface area (Å²) in [5.41, 5.74) is 1.55. The van der Waals surface area contributed by atoms with Gasteiger partial charge in [0.25, 0.3) is 0 Å². The van der Waals surface area contributed by atoms with Crippen LogP contribution in [-0.4, -0.2) is 44.2 Å². The molecule has 32 heavy (non-hydrogen) atoms. The highest BCUT2D eigenvalue weighted by atomic mass is 16.5. The Kier molecular flexibility index (Phi) is 7.30. The number of ether oxygens (including phenoxy) is 4. The lowest BCUT2D eigenvalue weighted by atomic mass is 9.97. The molecule has 0 radical (unpaired) electrons. The van der Waals surface area contributed by atoms with Gasteiger partial charge in [-0.1, -0.05) is 12.1 Å². The number of rotatable bonds is 9. The third kappa shape index (κ3) is 4.99. The molecule has 7 heteroatoms. The van der Waals surface area contributed by atoms with Crippen LogP contribution in [0, 0.1) is 0 Å². The Morgan fingerprint density at radius 2 is 1.66 bits per heavy atom. The Balaban J connectivity index is 2.12. The molecule has 7 nitrogen and oxygen atoms in total. The number of aromatic nitrogens is 1. The smallest absolute Gasteiger partial charge is 0.305 e. The molecule has 3 aromatic rings. The second-order valence-corrected chi connectivity index (χ2v) is 7.48. The van der Waals surface area contributed by atoms with Gasteiger partial charge in [-0.2, -0.15) is 0 Å². The van der Waals surface area contributed by atoms with Crippen molar-refractivity contribution in [3.63, 3.8) is 0 Å². The highest BCUT2D eigenvalue weighted by Crippen LogP contribution is 2.35. The third-order valence-electron chi connectivity index (χ3n) is 4.98. The number of pyridine rings is 1. The van der Waals surface area contributed by atoms with Gasteiger partial charge in [-0.3, -0.25) is 14.6 Å². The second kappa shape index (κ2) is 10.1. The topological polar surface area (TPSA) is 84.0 Å². The van der Waals surface area contributed by atoms with Gasteiger partial charge in [-0.15, -0.1) is 0 Å². The number of ketones is 1. The summed E-state index contributed by atoms with van der Waals surface area (Å²) in [7, 11) is 4.43. The summed E-state index contributed by atoms with van der Waals surface area (Å²) in [5, 5.41) is 1.38. The van der Waals surface area contributed by atoms with Crippen LogP contribution in [0.25, 0.3) is 10.8 Å². The number of carbonyl (C=O) groups is 2. The van der Waals surface area contributed by atoms with Crippen LogP contribution >= 0.6 is 0 Å². The molecular weight excluding hydrogens is 410 g/mol. The molecule has 0 bridgehead atoms. The van der Waals surface area contributed by atoms with Gasteiger partial charge in [-0.05, 0) is 55.5 Å². The van der Waals surface area contributed by atoms with E-state index in [1.807, 2.05) is 19.9 Å². The summed E-state index contributed by atoms with van der Waals surface area (Å²) in [6, 6.07) is 10.6. The molecule has 0 atom stereocenters. The summed E-state index contributed by atoms with van der Waals surface area (Å²) < 4.78 is 21.4. The predicted molar refractivity (Wildman–Crippen MR) is 121 cm³/mol. The standard InChI is InChI=1S/C25H27NO6/c1-15(2)32-18-8-6-7-16(11-18)25(28)24-20-13-22(30-4)21(29-3)12-19(20)17(14-26-24)9-10-23(27)31-5/h6-8,11-15H,9-10H2,1-5H3. The summed E-state index contributed by atoms with van der Waals surface area (Å²) in [4.78, 5) is 29.5. The van der Waals surface area contributed by atoms with Crippen molar-refractivity contribution in [1.82, 2.24) is 4.98 Å². The van der Waals surface area contributed by atoms with E-state index >= 15 is 0 Å².